The van der Waals surface area contributed by atoms with Gasteiger partial charge in [0, 0.05) is 6.20 Å². The summed E-state index contributed by atoms with van der Waals surface area (Å²) in [6, 6.07) is 13.1. The lowest BCUT2D eigenvalue weighted by Gasteiger charge is -2.14. The van der Waals surface area contributed by atoms with E-state index in [0.717, 1.165) is 36.5 Å². The quantitative estimate of drug-likeness (QED) is 0.806. The number of hydrogen-bond acceptors (Lipinski definition) is 3. The molecule has 1 aliphatic heterocycles. The lowest BCUT2D eigenvalue weighted by molar-refractivity contribution is 0.570. The number of imidazole rings is 1. The summed E-state index contributed by atoms with van der Waals surface area (Å²) in [6.45, 7) is 4.01. The SMILES string of the molecule is Cc1ccc(Cn2c(C3CCCN3)nc3cccnc32)cc1. The first-order valence-electron chi connectivity index (χ1n) is 7.91. The van der Waals surface area contributed by atoms with Gasteiger partial charge in [0.05, 0.1) is 12.6 Å². The van der Waals surface area contributed by atoms with Crippen LogP contribution in [0.2, 0.25) is 0 Å². The van der Waals surface area contributed by atoms with Gasteiger partial charge >= 0.3 is 0 Å². The summed E-state index contributed by atoms with van der Waals surface area (Å²) in [5.41, 5.74) is 4.54. The molecular formula is C18H20N4. The Morgan fingerprint density at radius 3 is 2.86 bits per heavy atom. The van der Waals surface area contributed by atoms with Crippen LogP contribution in [0.25, 0.3) is 11.2 Å². The highest BCUT2D eigenvalue weighted by atomic mass is 15.2. The third-order valence-corrected chi connectivity index (χ3v) is 4.37. The lowest BCUT2D eigenvalue weighted by atomic mass is 10.1. The van der Waals surface area contributed by atoms with Gasteiger partial charge in [0.15, 0.2) is 5.65 Å². The molecule has 22 heavy (non-hydrogen) atoms. The first-order chi connectivity index (χ1) is 10.8. The second-order valence-electron chi connectivity index (χ2n) is 6.04. The normalized spacial score (nSPS) is 18.1. The number of hydrogen-bond donors (Lipinski definition) is 1. The minimum Gasteiger partial charge on any atom is -0.307 e. The molecule has 1 atom stereocenters. The number of nitrogens with zero attached hydrogens (tertiary/aromatic N) is 3. The third kappa shape index (κ3) is 2.40. The topological polar surface area (TPSA) is 42.7 Å². The Labute approximate surface area is 130 Å². The molecule has 4 rings (SSSR count). The molecular weight excluding hydrogens is 272 g/mol. The largest absolute Gasteiger partial charge is 0.307 e. The van der Waals surface area contributed by atoms with Gasteiger partial charge in [0.25, 0.3) is 0 Å². The van der Waals surface area contributed by atoms with Crippen molar-refractivity contribution >= 4 is 11.2 Å². The predicted octanol–water partition coefficient (Wildman–Crippen LogP) is 3.21. The van der Waals surface area contributed by atoms with E-state index in [9.17, 15) is 0 Å². The van der Waals surface area contributed by atoms with Gasteiger partial charge in [-0.2, -0.15) is 0 Å². The molecule has 1 unspecified atom stereocenters. The molecule has 0 radical (unpaired) electrons. The monoisotopic (exact) mass is 292 g/mol. The van der Waals surface area contributed by atoms with Crippen molar-refractivity contribution in [3.05, 3.63) is 59.5 Å². The standard InChI is InChI=1S/C18H20N4/c1-13-6-8-14(9-7-13)12-22-17-16(5-3-11-20-17)21-18(22)15-4-2-10-19-15/h3,5-9,11,15,19H,2,4,10,12H2,1H3. The Hall–Kier alpha value is -2.20. The smallest absolute Gasteiger partial charge is 0.160 e. The Bertz CT molecular complexity index is 782. The fourth-order valence-corrected chi connectivity index (χ4v) is 3.18. The van der Waals surface area contributed by atoms with E-state index >= 15 is 0 Å². The molecule has 4 heteroatoms. The van der Waals surface area contributed by atoms with E-state index in [-0.39, 0.29) is 0 Å². The minimum atomic E-state index is 0.347. The van der Waals surface area contributed by atoms with Crippen LogP contribution < -0.4 is 5.32 Å². The Morgan fingerprint density at radius 2 is 2.09 bits per heavy atom. The first-order valence-corrected chi connectivity index (χ1v) is 7.91. The molecule has 0 aliphatic carbocycles. The molecule has 0 bridgehead atoms. The van der Waals surface area contributed by atoms with Crippen LogP contribution in [0.1, 0.15) is 35.8 Å². The minimum absolute atomic E-state index is 0.347. The number of aryl methyl sites for hydroxylation is 1. The second kappa shape index (κ2) is 5.54. The van der Waals surface area contributed by atoms with Crippen molar-refractivity contribution in [2.24, 2.45) is 0 Å². The molecule has 0 saturated carbocycles. The van der Waals surface area contributed by atoms with Crippen LogP contribution in [0.4, 0.5) is 0 Å². The molecule has 0 amide bonds. The number of rotatable bonds is 3. The fraction of sp³-hybridized carbons (Fsp3) is 0.333. The number of aromatic nitrogens is 3. The molecule has 112 valence electrons. The molecule has 1 fully saturated rings. The van der Waals surface area contributed by atoms with Gasteiger partial charge < -0.3 is 9.88 Å². The molecule has 2 aromatic heterocycles. The number of benzene rings is 1. The predicted molar refractivity (Wildman–Crippen MR) is 87.8 cm³/mol. The zero-order chi connectivity index (χ0) is 14.9. The number of pyridine rings is 1. The third-order valence-electron chi connectivity index (χ3n) is 4.37. The van der Waals surface area contributed by atoms with Gasteiger partial charge in [-0.1, -0.05) is 29.8 Å². The van der Waals surface area contributed by atoms with Gasteiger partial charge in [-0.15, -0.1) is 0 Å². The summed E-state index contributed by atoms with van der Waals surface area (Å²) in [7, 11) is 0. The zero-order valence-corrected chi connectivity index (χ0v) is 12.8. The van der Waals surface area contributed by atoms with Gasteiger partial charge in [0.2, 0.25) is 0 Å². The van der Waals surface area contributed by atoms with E-state index in [0.29, 0.717) is 6.04 Å². The highest BCUT2D eigenvalue weighted by Gasteiger charge is 2.23. The lowest BCUT2D eigenvalue weighted by Crippen LogP contribution is -2.18. The van der Waals surface area contributed by atoms with E-state index in [1.54, 1.807) is 0 Å². The van der Waals surface area contributed by atoms with Crippen molar-refractivity contribution in [1.29, 1.82) is 0 Å². The van der Waals surface area contributed by atoms with Gasteiger partial charge in [-0.3, -0.25) is 0 Å². The Kier molecular flexibility index (Phi) is 3.39. The molecule has 1 aliphatic rings. The maximum absolute atomic E-state index is 4.85. The van der Waals surface area contributed by atoms with Crippen molar-refractivity contribution < 1.29 is 0 Å². The van der Waals surface area contributed by atoms with E-state index < -0.39 is 0 Å². The molecule has 1 saturated heterocycles. The van der Waals surface area contributed by atoms with Crippen LogP contribution in [-0.4, -0.2) is 21.1 Å². The first kappa shape index (κ1) is 13.5. The van der Waals surface area contributed by atoms with Crippen molar-refractivity contribution in [1.82, 2.24) is 19.9 Å². The van der Waals surface area contributed by atoms with Crippen molar-refractivity contribution in [3.63, 3.8) is 0 Å². The van der Waals surface area contributed by atoms with Crippen molar-refractivity contribution in [2.45, 2.75) is 32.4 Å². The van der Waals surface area contributed by atoms with Crippen LogP contribution in [0.15, 0.2) is 42.6 Å². The number of fused-ring (bicyclic) bond motifs is 1. The van der Waals surface area contributed by atoms with Crippen LogP contribution in [-0.2, 0) is 6.54 Å². The molecule has 0 spiro atoms. The molecule has 4 nitrogen and oxygen atoms in total. The molecule has 1 N–H and O–H groups in total. The molecule has 3 heterocycles. The molecule has 1 aromatic carbocycles. The van der Waals surface area contributed by atoms with Crippen molar-refractivity contribution in [3.8, 4) is 0 Å². The average molecular weight is 292 g/mol. The van der Waals surface area contributed by atoms with E-state index in [4.69, 9.17) is 4.98 Å². The summed E-state index contributed by atoms with van der Waals surface area (Å²) in [5, 5.41) is 3.56. The zero-order valence-electron chi connectivity index (χ0n) is 12.8. The van der Waals surface area contributed by atoms with E-state index in [1.807, 2.05) is 18.3 Å². The van der Waals surface area contributed by atoms with Gasteiger partial charge in [0.1, 0.15) is 11.3 Å². The highest BCUT2D eigenvalue weighted by Crippen LogP contribution is 2.26. The van der Waals surface area contributed by atoms with Gasteiger partial charge in [-0.25, -0.2) is 9.97 Å². The van der Waals surface area contributed by atoms with Gasteiger partial charge in [-0.05, 0) is 44.0 Å². The summed E-state index contributed by atoms with van der Waals surface area (Å²) in [6.07, 6.45) is 4.21. The summed E-state index contributed by atoms with van der Waals surface area (Å²) < 4.78 is 2.27. The summed E-state index contributed by atoms with van der Waals surface area (Å²) in [5.74, 6) is 1.12. The van der Waals surface area contributed by atoms with Crippen molar-refractivity contribution in [2.75, 3.05) is 6.54 Å². The maximum atomic E-state index is 4.85. The second-order valence-corrected chi connectivity index (χ2v) is 6.04. The van der Waals surface area contributed by atoms with Crippen LogP contribution >= 0.6 is 0 Å². The Balaban J connectivity index is 1.79. The van der Waals surface area contributed by atoms with E-state index in [1.165, 1.54) is 17.5 Å². The molecule has 3 aromatic rings. The average Bonchev–Trinajstić information content (AvgIpc) is 3.18. The highest BCUT2D eigenvalue weighted by molar-refractivity contribution is 5.71. The van der Waals surface area contributed by atoms with Crippen LogP contribution in [0.5, 0.6) is 0 Å². The Morgan fingerprint density at radius 1 is 1.23 bits per heavy atom. The maximum Gasteiger partial charge on any atom is 0.160 e. The summed E-state index contributed by atoms with van der Waals surface area (Å²) >= 11 is 0. The summed E-state index contributed by atoms with van der Waals surface area (Å²) in [4.78, 5) is 9.41. The van der Waals surface area contributed by atoms with E-state index in [2.05, 4.69) is 46.1 Å². The van der Waals surface area contributed by atoms with Crippen LogP contribution in [0.3, 0.4) is 0 Å². The van der Waals surface area contributed by atoms with Crippen LogP contribution in [0, 0.1) is 6.92 Å². The number of nitrogens with one attached hydrogen (secondary N) is 1. The fourth-order valence-electron chi connectivity index (χ4n) is 3.18.